The lowest BCUT2D eigenvalue weighted by molar-refractivity contribution is 0.0972. The summed E-state index contributed by atoms with van der Waals surface area (Å²) in [7, 11) is 0. The molecular weight excluding hydrogens is 474 g/mol. The van der Waals surface area contributed by atoms with Crippen molar-refractivity contribution in [3.8, 4) is 0 Å². The molecule has 0 aromatic heterocycles. The van der Waals surface area contributed by atoms with Crippen molar-refractivity contribution in [2.75, 3.05) is 5.32 Å². The fraction of sp³-hybridized carbons (Fsp3) is 0. The van der Waals surface area contributed by atoms with Gasteiger partial charge in [-0.15, -0.1) is 0 Å². The van der Waals surface area contributed by atoms with E-state index in [1.165, 1.54) is 6.08 Å². The number of allylic oxidation sites excluding steroid dienone is 1. The fourth-order valence-corrected chi connectivity index (χ4v) is 4.32. The highest BCUT2D eigenvalue weighted by Gasteiger charge is 2.32. The third kappa shape index (κ3) is 4.40. The van der Waals surface area contributed by atoms with Gasteiger partial charge in [0.25, 0.3) is 5.91 Å². The Bertz CT molecular complexity index is 1590. The number of fused-ring (bicyclic) bond motifs is 2. The van der Waals surface area contributed by atoms with Crippen LogP contribution >= 0.6 is 11.6 Å². The van der Waals surface area contributed by atoms with Gasteiger partial charge in [-0.3, -0.25) is 19.2 Å². The molecule has 0 spiro atoms. The first kappa shape index (κ1) is 23.1. The number of hydrogen-bond donors (Lipinski definition) is 1. The Morgan fingerprint density at radius 2 is 1.39 bits per heavy atom. The number of amides is 1. The van der Waals surface area contributed by atoms with Gasteiger partial charge in [-0.25, -0.2) is 0 Å². The number of nitrogens with one attached hydrogen (secondary N) is 1. The zero-order chi connectivity index (χ0) is 25.2. The normalized spacial score (nSPS) is 12.2. The summed E-state index contributed by atoms with van der Waals surface area (Å²) in [6.45, 7) is 0. The summed E-state index contributed by atoms with van der Waals surface area (Å²) in [6.07, 6.45) is 2.96. The van der Waals surface area contributed by atoms with Crippen molar-refractivity contribution in [2.45, 2.75) is 0 Å². The van der Waals surface area contributed by atoms with Crippen LogP contribution in [-0.2, 0) is 0 Å². The highest BCUT2D eigenvalue weighted by atomic mass is 35.5. The van der Waals surface area contributed by atoms with E-state index in [1.807, 2.05) is 0 Å². The number of benzene rings is 4. The zero-order valence-corrected chi connectivity index (χ0v) is 19.6. The van der Waals surface area contributed by atoms with Crippen molar-refractivity contribution >= 4 is 46.6 Å². The minimum absolute atomic E-state index is 0.129. The summed E-state index contributed by atoms with van der Waals surface area (Å²) in [4.78, 5) is 51.6. The van der Waals surface area contributed by atoms with Gasteiger partial charge in [0.15, 0.2) is 17.3 Å². The largest absolute Gasteiger partial charge is 0.322 e. The van der Waals surface area contributed by atoms with Gasteiger partial charge < -0.3 is 5.32 Å². The molecule has 0 bridgehead atoms. The van der Waals surface area contributed by atoms with Gasteiger partial charge in [-0.1, -0.05) is 78.3 Å². The highest BCUT2D eigenvalue weighted by Crippen LogP contribution is 2.30. The maximum absolute atomic E-state index is 13.1. The smallest absolute Gasteiger partial charge is 0.255 e. The molecule has 0 fully saturated rings. The Kier molecular flexibility index (Phi) is 6.15. The van der Waals surface area contributed by atoms with Crippen LogP contribution < -0.4 is 5.32 Å². The Morgan fingerprint density at radius 1 is 0.722 bits per heavy atom. The Morgan fingerprint density at radius 3 is 2.11 bits per heavy atom. The molecule has 0 atom stereocenters. The lowest BCUT2D eigenvalue weighted by atomic mass is 9.81. The molecule has 1 aliphatic carbocycles. The number of rotatable bonds is 5. The molecule has 5 rings (SSSR count). The van der Waals surface area contributed by atoms with Crippen molar-refractivity contribution < 1.29 is 19.2 Å². The molecule has 1 N–H and O–H groups in total. The van der Waals surface area contributed by atoms with Gasteiger partial charge in [0.05, 0.1) is 0 Å². The monoisotopic (exact) mass is 491 g/mol. The lowest BCUT2D eigenvalue weighted by Crippen LogP contribution is -2.23. The average Bonchev–Trinajstić information content (AvgIpc) is 2.90. The van der Waals surface area contributed by atoms with E-state index in [0.29, 0.717) is 33.0 Å². The third-order valence-corrected chi connectivity index (χ3v) is 6.14. The van der Waals surface area contributed by atoms with Crippen molar-refractivity contribution in [2.24, 2.45) is 0 Å². The molecule has 5 nitrogen and oxygen atoms in total. The topological polar surface area (TPSA) is 80.3 Å². The Hall–Kier alpha value is -4.61. The first-order valence-corrected chi connectivity index (χ1v) is 11.5. The summed E-state index contributed by atoms with van der Waals surface area (Å²) >= 11 is 5.95. The zero-order valence-electron chi connectivity index (χ0n) is 18.8. The number of anilines is 1. The molecule has 4 aromatic rings. The number of carbonyl (C=O) groups excluding carboxylic acids is 4. The number of carbonyl (C=O) groups is 4. The summed E-state index contributed by atoms with van der Waals surface area (Å²) in [6, 6.07) is 24.9. The molecule has 0 saturated carbocycles. The Balaban J connectivity index is 1.35. The van der Waals surface area contributed by atoms with E-state index in [-0.39, 0.29) is 34.2 Å². The molecule has 1 amide bonds. The van der Waals surface area contributed by atoms with Crippen LogP contribution in [0, 0.1) is 0 Å². The molecule has 6 heteroatoms. The lowest BCUT2D eigenvalue weighted by Gasteiger charge is -2.19. The second kappa shape index (κ2) is 9.56. The molecule has 0 heterocycles. The van der Waals surface area contributed by atoms with Crippen LogP contribution in [0.25, 0.3) is 6.08 Å². The van der Waals surface area contributed by atoms with Crippen LogP contribution in [0.4, 0.5) is 5.69 Å². The summed E-state index contributed by atoms with van der Waals surface area (Å²) in [5.74, 6) is -1.29. The standard InChI is InChI=1S/C30H18ClNO4/c31-20-5-3-6-21(17-20)32-30(36)19-14-11-18(12-15-19)13-16-26(33)24-9-4-10-25-27(24)29(35)23-8-2-1-7-22(23)28(25)34/h1-17H,(H,32,36)/b16-13+. The minimum Gasteiger partial charge on any atom is -0.322 e. The second-order valence-electron chi connectivity index (χ2n) is 8.22. The van der Waals surface area contributed by atoms with E-state index >= 15 is 0 Å². The number of halogens is 1. The molecule has 4 aromatic carbocycles. The molecule has 0 saturated heterocycles. The van der Waals surface area contributed by atoms with Gasteiger partial charge in [-0.2, -0.15) is 0 Å². The van der Waals surface area contributed by atoms with Gasteiger partial charge >= 0.3 is 0 Å². The molecule has 0 radical (unpaired) electrons. The van der Waals surface area contributed by atoms with Gasteiger partial charge in [0, 0.05) is 44.1 Å². The van der Waals surface area contributed by atoms with Crippen LogP contribution in [0.5, 0.6) is 0 Å². The van der Waals surface area contributed by atoms with E-state index < -0.39 is 5.78 Å². The van der Waals surface area contributed by atoms with Crippen LogP contribution in [0.15, 0.2) is 97.1 Å². The van der Waals surface area contributed by atoms with Gasteiger partial charge in [0.2, 0.25) is 0 Å². The van der Waals surface area contributed by atoms with Crippen LogP contribution in [0.2, 0.25) is 5.02 Å². The van der Waals surface area contributed by atoms with Crippen molar-refractivity contribution in [1.29, 1.82) is 0 Å². The first-order chi connectivity index (χ1) is 17.4. The maximum atomic E-state index is 13.1. The fourth-order valence-electron chi connectivity index (χ4n) is 4.13. The van der Waals surface area contributed by atoms with Crippen LogP contribution in [-0.4, -0.2) is 23.3 Å². The van der Waals surface area contributed by atoms with E-state index in [9.17, 15) is 19.2 Å². The second-order valence-corrected chi connectivity index (χ2v) is 8.65. The number of ketones is 3. The molecular formula is C30H18ClNO4. The van der Waals surface area contributed by atoms with Crippen molar-refractivity contribution in [3.63, 3.8) is 0 Å². The van der Waals surface area contributed by atoms with Crippen LogP contribution in [0.3, 0.4) is 0 Å². The average molecular weight is 492 g/mol. The predicted octanol–water partition coefficient (Wildman–Crippen LogP) is 6.26. The predicted molar refractivity (Wildman–Crippen MR) is 139 cm³/mol. The molecule has 1 aliphatic rings. The first-order valence-electron chi connectivity index (χ1n) is 11.1. The highest BCUT2D eigenvalue weighted by molar-refractivity contribution is 6.32. The quantitative estimate of drug-likeness (QED) is 0.232. The summed E-state index contributed by atoms with van der Waals surface area (Å²) < 4.78 is 0. The molecule has 36 heavy (non-hydrogen) atoms. The third-order valence-electron chi connectivity index (χ3n) is 5.90. The maximum Gasteiger partial charge on any atom is 0.255 e. The van der Waals surface area contributed by atoms with E-state index in [2.05, 4.69) is 5.32 Å². The van der Waals surface area contributed by atoms with Crippen LogP contribution in [0.1, 0.15) is 58.1 Å². The Labute approximate surface area is 212 Å². The minimum atomic E-state index is -0.393. The SMILES string of the molecule is O=C(Nc1cccc(Cl)c1)c1ccc(/C=C/C(=O)c2cccc3c2C(=O)c2ccccc2C3=O)cc1. The van der Waals surface area contributed by atoms with E-state index in [1.54, 1.807) is 97.1 Å². The van der Waals surface area contributed by atoms with E-state index in [4.69, 9.17) is 11.6 Å². The van der Waals surface area contributed by atoms with Gasteiger partial charge in [-0.05, 0) is 42.0 Å². The molecule has 174 valence electrons. The number of hydrogen-bond acceptors (Lipinski definition) is 4. The summed E-state index contributed by atoms with van der Waals surface area (Å²) in [5, 5.41) is 3.30. The molecule has 0 unspecified atom stereocenters. The van der Waals surface area contributed by atoms with Crippen molar-refractivity contribution in [1.82, 2.24) is 0 Å². The van der Waals surface area contributed by atoms with Crippen molar-refractivity contribution in [3.05, 3.63) is 141 Å². The molecule has 0 aliphatic heterocycles. The van der Waals surface area contributed by atoms with E-state index in [0.717, 1.165) is 0 Å². The summed E-state index contributed by atoms with van der Waals surface area (Å²) in [5.41, 5.74) is 2.90. The van der Waals surface area contributed by atoms with Gasteiger partial charge in [0.1, 0.15) is 0 Å².